The number of aromatic nitrogens is 1. The van der Waals surface area contributed by atoms with Gasteiger partial charge in [0, 0.05) is 36.4 Å². The normalized spacial score (nSPS) is 21.1. The van der Waals surface area contributed by atoms with Gasteiger partial charge in [-0.05, 0) is 50.5 Å². The fourth-order valence-corrected chi connectivity index (χ4v) is 4.43. The summed E-state index contributed by atoms with van der Waals surface area (Å²) in [5.74, 6) is 0.353. The Hall–Kier alpha value is -2.17. The van der Waals surface area contributed by atoms with Crippen molar-refractivity contribution in [3.63, 3.8) is 0 Å². The number of nitriles is 1. The van der Waals surface area contributed by atoms with Crippen molar-refractivity contribution in [3.8, 4) is 6.07 Å². The van der Waals surface area contributed by atoms with Gasteiger partial charge in [0.15, 0.2) is 0 Å². The molecule has 0 radical (unpaired) electrons. The first kappa shape index (κ1) is 18.6. The van der Waals surface area contributed by atoms with E-state index in [1.54, 1.807) is 26.1 Å². The van der Waals surface area contributed by atoms with Crippen LogP contribution in [0.25, 0.3) is 10.9 Å². The number of fused-ring (bicyclic) bond motifs is 1. The highest BCUT2D eigenvalue weighted by Crippen LogP contribution is 2.31. The highest BCUT2D eigenvalue weighted by molar-refractivity contribution is 7.90. The molecule has 1 N–H and O–H groups in total. The zero-order chi connectivity index (χ0) is 18.9. The number of benzene rings is 1. The minimum atomic E-state index is -3.31. The zero-order valence-corrected chi connectivity index (χ0v) is 16.1. The molecule has 1 saturated heterocycles. The molecule has 1 fully saturated rings. The fourth-order valence-electron chi connectivity index (χ4n) is 3.53. The van der Waals surface area contributed by atoms with Crippen molar-refractivity contribution >= 4 is 26.6 Å². The maximum Gasteiger partial charge on any atom is 0.214 e. The number of rotatable bonds is 4. The molecule has 0 saturated carbocycles. The second-order valence-electron chi connectivity index (χ2n) is 7.30. The average Bonchev–Trinajstić information content (AvgIpc) is 2.59. The van der Waals surface area contributed by atoms with E-state index >= 15 is 0 Å². The van der Waals surface area contributed by atoms with Gasteiger partial charge in [0.05, 0.1) is 16.3 Å². The molecule has 1 aromatic carbocycles. The quantitative estimate of drug-likeness (QED) is 0.892. The van der Waals surface area contributed by atoms with E-state index in [0.29, 0.717) is 23.5 Å². The van der Waals surface area contributed by atoms with Crippen molar-refractivity contribution in [2.24, 2.45) is 5.92 Å². The lowest BCUT2D eigenvalue weighted by molar-refractivity contribution is 0.380. The SMILES string of the molecule is CC(C)S(=O)(=O)N[C@@H]1C[C@H](C)CN(c2ccc(C#N)c3ncccc23)C1. The molecule has 138 valence electrons. The highest BCUT2D eigenvalue weighted by Gasteiger charge is 2.30. The topological polar surface area (TPSA) is 86.1 Å². The predicted octanol–water partition coefficient (Wildman–Crippen LogP) is 2.65. The summed E-state index contributed by atoms with van der Waals surface area (Å²) in [5.41, 5.74) is 2.23. The molecule has 7 heteroatoms. The van der Waals surface area contributed by atoms with E-state index in [1.165, 1.54) is 0 Å². The molecule has 2 aromatic rings. The summed E-state index contributed by atoms with van der Waals surface area (Å²) >= 11 is 0. The van der Waals surface area contributed by atoms with Gasteiger partial charge >= 0.3 is 0 Å². The van der Waals surface area contributed by atoms with Gasteiger partial charge in [-0.25, -0.2) is 13.1 Å². The van der Waals surface area contributed by atoms with Gasteiger partial charge in [0.1, 0.15) is 6.07 Å². The Kier molecular flexibility index (Phi) is 5.17. The molecule has 6 nitrogen and oxygen atoms in total. The Bertz CT molecular complexity index is 950. The molecule has 1 aliphatic heterocycles. The van der Waals surface area contributed by atoms with Crippen LogP contribution in [0.2, 0.25) is 0 Å². The average molecular weight is 372 g/mol. The van der Waals surface area contributed by atoms with E-state index in [-0.39, 0.29) is 6.04 Å². The number of nitrogens with one attached hydrogen (secondary N) is 1. The van der Waals surface area contributed by atoms with Crippen LogP contribution in [0.5, 0.6) is 0 Å². The maximum atomic E-state index is 12.3. The third-order valence-corrected chi connectivity index (χ3v) is 6.72. The van der Waals surface area contributed by atoms with Gasteiger partial charge in [-0.3, -0.25) is 4.98 Å². The summed E-state index contributed by atoms with van der Waals surface area (Å²) in [5, 5.41) is 9.79. The molecule has 0 amide bonds. The van der Waals surface area contributed by atoms with Crippen molar-refractivity contribution in [1.29, 1.82) is 5.26 Å². The third kappa shape index (κ3) is 3.67. The summed E-state index contributed by atoms with van der Waals surface area (Å²) in [6.45, 7) is 6.95. The van der Waals surface area contributed by atoms with Crippen LogP contribution in [0.1, 0.15) is 32.8 Å². The molecule has 0 unspecified atom stereocenters. The summed E-state index contributed by atoms with van der Waals surface area (Å²) in [6.07, 6.45) is 2.50. The number of nitrogens with zero attached hydrogens (tertiary/aromatic N) is 3. The van der Waals surface area contributed by atoms with E-state index in [9.17, 15) is 13.7 Å². The lowest BCUT2D eigenvalue weighted by Crippen LogP contribution is -2.51. The first-order chi connectivity index (χ1) is 12.3. The first-order valence-corrected chi connectivity index (χ1v) is 10.4. The Morgan fingerprint density at radius 1 is 1.31 bits per heavy atom. The fraction of sp³-hybridized carbons (Fsp3) is 0.474. The van der Waals surface area contributed by atoms with Crippen LogP contribution >= 0.6 is 0 Å². The molecule has 0 aliphatic carbocycles. The number of pyridine rings is 1. The Labute approximate surface area is 154 Å². The molecule has 26 heavy (non-hydrogen) atoms. The largest absolute Gasteiger partial charge is 0.369 e. The second-order valence-corrected chi connectivity index (χ2v) is 9.57. The molecular formula is C19H24N4O2S. The van der Waals surface area contributed by atoms with Crippen LogP contribution in [0.4, 0.5) is 5.69 Å². The molecule has 0 spiro atoms. The lowest BCUT2D eigenvalue weighted by atomic mass is 9.95. The van der Waals surface area contributed by atoms with Crippen LogP contribution in [-0.4, -0.2) is 37.8 Å². The number of sulfonamides is 1. The summed E-state index contributed by atoms with van der Waals surface area (Å²) < 4.78 is 27.4. The Morgan fingerprint density at radius 2 is 2.08 bits per heavy atom. The summed E-state index contributed by atoms with van der Waals surface area (Å²) in [7, 11) is -3.31. The Morgan fingerprint density at radius 3 is 2.77 bits per heavy atom. The van der Waals surface area contributed by atoms with E-state index in [2.05, 4.69) is 27.6 Å². The van der Waals surface area contributed by atoms with Crippen molar-refractivity contribution < 1.29 is 8.42 Å². The first-order valence-electron chi connectivity index (χ1n) is 8.85. The van der Waals surface area contributed by atoms with E-state index in [4.69, 9.17) is 0 Å². The molecule has 1 aliphatic rings. The van der Waals surface area contributed by atoms with E-state index < -0.39 is 15.3 Å². The monoisotopic (exact) mass is 372 g/mol. The van der Waals surface area contributed by atoms with Crippen molar-refractivity contribution in [2.75, 3.05) is 18.0 Å². The molecular weight excluding hydrogens is 348 g/mol. The maximum absolute atomic E-state index is 12.3. The Balaban J connectivity index is 1.94. The van der Waals surface area contributed by atoms with Crippen LogP contribution in [0.3, 0.4) is 0 Å². The summed E-state index contributed by atoms with van der Waals surface area (Å²) in [4.78, 5) is 6.57. The predicted molar refractivity (Wildman–Crippen MR) is 103 cm³/mol. The van der Waals surface area contributed by atoms with Gasteiger partial charge in [-0.15, -0.1) is 0 Å². The van der Waals surface area contributed by atoms with Gasteiger partial charge in [0.25, 0.3) is 0 Å². The van der Waals surface area contributed by atoms with Crippen LogP contribution in [0, 0.1) is 17.2 Å². The van der Waals surface area contributed by atoms with Gasteiger partial charge < -0.3 is 4.90 Å². The van der Waals surface area contributed by atoms with Gasteiger partial charge in [-0.2, -0.15) is 5.26 Å². The van der Waals surface area contributed by atoms with Gasteiger partial charge in [-0.1, -0.05) is 6.92 Å². The smallest absolute Gasteiger partial charge is 0.214 e. The molecule has 2 heterocycles. The minimum Gasteiger partial charge on any atom is -0.369 e. The standard InChI is InChI=1S/C19H24N4O2S/c1-13(2)26(24,25)22-16-9-14(3)11-23(12-16)18-7-6-15(10-20)19-17(18)5-4-8-21-19/h4-8,13-14,16,22H,9,11-12H2,1-3H3/t14-,16+/m0/s1. The molecule has 1 aromatic heterocycles. The second kappa shape index (κ2) is 7.22. The third-order valence-electron chi connectivity index (χ3n) is 4.82. The molecule has 3 rings (SSSR count). The van der Waals surface area contributed by atoms with Gasteiger partial charge in [0.2, 0.25) is 10.0 Å². The lowest BCUT2D eigenvalue weighted by Gasteiger charge is -2.38. The number of hydrogen-bond donors (Lipinski definition) is 1. The number of piperidine rings is 1. The van der Waals surface area contributed by atoms with Crippen molar-refractivity contribution in [2.45, 2.75) is 38.5 Å². The highest BCUT2D eigenvalue weighted by atomic mass is 32.2. The zero-order valence-electron chi connectivity index (χ0n) is 15.3. The molecule has 0 bridgehead atoms. The summed E-state index contributed by atoms with van der Waals surface area (Å²) in [6, 6.07) is 9.61. The van der Waals surface area contributed by atoms with Crippen LogP contribution in [0.15, 0.2) is 30.5 Å². The van der Waals surface area contributed by atoms with Crippen LogP contribution < -0.4 is 9.62 Å². The van der Waals surface area contributed by atoms with Crippen molar-refractivity contribution in [1.82, 2.24) is 9.71 Å². The number of anilines is 1. The van der Waals surface area contributed by atoms with E-state index in [0.717, 1.165) is 24.0 Å². The van der Waals surface area contributed by atoms with E-state index in [1.807, 2.05) is 18.2 Å². The molecule has 2 atom stereocenters. The van der Waals surface area contributed by atoms with Crippen LogP contribution in [-0.2, 0) is 10.0 Å². The minimum absolute atomic E-state index is 0.131. The van der Waals surface area contributed by atoms with Crippen molar-refractivity contribution in [3.05, 3.63) is 36.0 Å². The number of hydrogen-bond acceptors (Lipinski definition) is 5.